The number of halogens is 1. The van der Waals surface area contributed by atoms with Crippen LogP contribution in [0.2, 0.25) is 0 Å². The summed E-state index contributed by atoms with van der Waals surface area (Å²) in [4.78, 5) is 12.2. The highest BCUT2D eigenvalue weighted by Crippen LogP contribution is 2.28. The van der Waals surface area contributed by atoms with E-state index >= 15 is 0 Å². The van der Waals surface area contributed by atoms with E-state index in [4.69, 9.17) is 9.47 Å². The third kappa shape index (κ3) is 6.73. The van der Waals surface area contributed by atoms with E-state index in [-0.39, 0.29) is 5.69 Å². The van der Waals surface area contributed by atoms with Crippen LogP contribution in [0.4, 0.5) is 10.1 Å². The predicted octanol–water partition coefficient (Wildman–Crippen LogP) is 2.54. The van der Waals surface area contributed by atoms with Gasteiger partial charge in [-0.05, 0) is 61.9 Å². The third-order valence-corrected chi connectivity index (χ3v) is 4.91. The zero-order valence-corrected chi connectivity index (χ0v) is 17.8. The van der Waals surface area contributed by atoms with Gasteiger partial charge in [-0.2, -0.15) is 5.10 Å². The van der Waals surface area contributed by atoms with Crippen molar-refractivity contribution in [1.29, 1.82) is 0 Å². The average molecular weight is 437 g/mol. The van der Waals surface area contributed by atoms with Crippen LogP contribution in [0.15, 0.2) is 47.6 Å². The van der Waals surface area contributed by atoms with Gasteiger partial charge in [0.15, 0.2) is 11.5 Å². The lowest BCUT2D eigenvalue weighted by Crippen LogP contribution is -2.39. The van der Waals surface area contributed by atoms with Crippen LogP contribution in [0, 0.1) is 5.82 Å². The number of benzene rings is 2. The molecule has 0 bridgehead atoms. The maximum absolute atomic E-state index is 13.1. The SMILES string of the molecule is CCOc1ccc(/C=N\NC(=O)CN(c2ccc(F)cc2)S(C)(=O)=O)cc1OCC. The molecule has 1 N–H and O–H groups in total. The Balaban J connectivity index is 2.07. The first-order valence-corrected chi connectivity index (χ1v) is 11.0. The quantitative estimate of drug-likeness (QED) is 0.455. The molecule has 0 aliphatic carbocycles. The second-order valence-electron chi connectivity index (χ2n) is 6.11. The number of nitrogens with zero attached hydrogens (tertiary/aromatic N) is 2. The Hall–Kier alpha value is -3.14. The first-order valence-electron chi connectivity index (χ1n) is 9.19. The summed E-state index contributed by atoms with van der Waals surface area (Å²) in [6.45, 7) is 4.17. The second-order valence-corrected chi connectivity index (χ2v) is 8.02. The Kier molecular flexibility index (Phi) is 8.16. The fourth-order valence-electron chi connectivity index (χ4n) is 2.50. The summed E-state index contributed by atoms with van der Waals surface area (Å²) in [5.74, 6) is -0.0159. The molecule has 0 fully saturated rings. The fraction of sp³-hybridized carbons (Fsp3) is 0.300. The molecule has 0 aromatic heterocycles. The molecule has 30 heavy (non-hydrogen) atoms. The van der Waals surface area contributed by atoms with E-state index in [0.717, 1.165) is 22.7 Å². The monoisotopic (exact) mass is 437 g/mol. The van der Waals surface area contributed by atoms with Gasteiger partial charge in [0.25, 0.3) is 5.91 Å². The number of hydrazone groups is 1. The lowest BCUT2D eigenvalue weighted by atomic mass is 10.2. The van der Waals surface area contributed by atoms with Gasteiger partial charge >= 0.3 is 0 Å². The van der Waals surface area contributed by atoms with Gasteiger partial charge in [-0.15, -0.1) is 0 Å². The highest BCUT2D eigenvalue weighted by Gasteiger charge is 2.20. The topological polar surface area (TPSA) is 97.3 Å². The van der Waals surface area contributed by atoms with Gasteiger partial charge in [-0.1, -0.05) is 0 Å². The second kappa shape index (κ2) is 10.6. The Morgan fingerprint density at radius 2 is 1.73 bits per heavy atom. The Bertz CT molecular complexity index is 994. The van der Waals surface area contributed by atoms with Crippen molar-refractivity contribution in [2.24, 2.45) is 5.10 Å². The van der Waals surface area contributed by atoms with Crippen molar-refractivity contribution in [2.75, 3.05) is 30.3 Å². The first-order chi connectivity index (χ1) is 14.2. The van der Waals surface area contributed by atoms with Crippen molar-refractivity contribution < 1.29 is 27.1 Å². The van der Waals surface area contributed by atoms with E-state index in [2.05, 4.69) is 10.5 Å². The largest absolute Gasteiger partial charge is 0.490 e. The van der Waals surface area contributed by atoms with Crippen molar-refractivity contribution in [3.63, 3.8) is 0 Å². The molecule has 162 valence electrons. The van der Waals surface area contributed by atoms with Gasteiger partial charge in [0.05, 0.1) is 31.4 Å². The maximum Gasteiger partial charge on any atom is 0.260 e. The van der Waals surface area contributed by atoms with Gasteiger partial charge < -0.3 is 9.47 Å². The summed E-state index contributed by atoms with van der Waals surface area (Å²) >= 11 is 0. The fourth-order valence-corrected chi connectivity index (χ4v) is 3.36. The van der Waals surface area contributed by atoms with Crippen LogP contribution in [-0.4, -0.2) is 46.6 Å². The Morgan fingerprint density at radius 1 is 1.10 bits per heavy atom. The number of amides is 1. The van der Waals surface area contributed by atoms with Gasteiger partial charge in [-0.3, -0.25) is 9.10 Å². The van der Waals surface area contributed by atoms with E-state index in [1.54, 1.807) is 18.2 Å². The number of carbonyl (C=O) groups excluding carboxylic acids is 1. The molecule has 0 saturated carbocycles. The van der Waals surface area contributed by atoms with E-state index < -0.39 is 28.3 Å². The maximum atomic E-state index is 13.1. The van der Waals surface area contributed by atoms with Gasteiger partial charge in [-0.25, -0.2) is 18.2 Å². The van der Waals surface area contributed by atoms with Crippen LogP contribution in [-0.2, 0) is 14.8 Å². The summed E-state index contributed by atoms with van der Waals surface area (Å²) < 4.78 is 49.0. The molecule has 0 saturated heterocycles. The molecular weight excluding hydrogens is 413 g/mol. The van der Waals surface area contributed by atoms with Crippen LogP contribution < -0.4 is 19.2 Å². The molecule has 8 nitrogen and oxygen atoms in total. The lowest BCUT2D eigenvalue weighted by Gasteiger charge is -2.21. The highest BCUT2D eigenvalue weighted by molar-refractivity contribution is 7.92. The molecular formula is C20H24FN3O5S. The molecule has 0 spiro atoms. The molecule has 0 heterocycles. The molecule has 2 aromatic carbocycles. The minimum Gasteiger partial charge on any atom is -0.490 e. The minimum absolute atomic E-state index is 0.172. The number of hydrogen-bond donors (Lipinski definition) is 1. The lowest BCUT2D eigenvalue weighted by molar-refractivity contribution is -0.119. The normalized spacial score (nSPS) is 11.3. The number of rotatable bonds is 10. The smallest absolute Gasteiger partial charge is 0.260 e. The van der Waals surface area contributed by atoms with Crippen molar-refractivity contribution in [1.82, 2.24) is 5.43 Å². The molecule has 0 aliphatic rings. The summed E-state index contributed by atoms with van der Waals surface area (Å²) in [6.07, 6.45) is 2.36. The Morgan fingerprint density at radius 3 is 2.33 bits per heavy atom. The van der Waals surface area contributed by atoms with Crippen molar-refractivity contribution in [3.05, 3.63) is 53.8 Å². The molecule has 0 aliphatic heterocycles. The van der Waals surface area contributed by atoms with Crippen LogP contribution in [0.25, 0.3) is 0 Å². The number of nitrogens with one attached hydrogen (secondary N) is 1. The summed E-state index contributed by atoms with van der Waals surface area (Å²) in [5.41, 5.74) is 3.11. The standard InChI is InChI=1S/C20H24FN3O5S/c1-4-28-18-11-6-15(12-19(18)29-5-2)13-22-23-20(25)14-24(30(3,26)27)17-9-7-16(21)8-10-17/h6-13H,4-5,14H2,1-3H3,(H,23,25)/b22-13-. The number of carbonyl (C=O) groups is 1. The highest BCUT2D eigenvalue weighted by atomic mass is 32.2. The molecule has 0 unspecified atom stereocenters. The molecule has 0 radical (unpaired) electrons. The minimum atomic E-state index is -3.76. The van der Waals surface area contributed by atoms with Crippen molar-refractivity contribution in [3.8, 4) is 11.5 Å². The number of anilines is 1. The van der Waals surface area contributed by atoms with E-state index in [9.17, 15) is 17.6 Å². The summed E-state index contributed by atoms with van der Waals surface area (Å²) in [7, 11) is -3.76. The van der Waals surface area contributed by atoms with Crippen LogP contribution in [0.5, 0.6) is 11.5 Å². The molecule has 0 atom stereocenters. The molecule has 1 amide bonds. The van der Waals surface area contributed by atoms with Crippen molar-refractivity contribution >= 4 is 27.8 Å². The predicted molar refractivity (Wildman–Crippen MR) is 113 cm³/mol. The van der Waals surface area contributed by atoms with Crippen LogP contribution >= 0.6 is 0 Å². The van der Waals surface area contributed by atoms with E-state index in [1.165, 1.54) is 18.3 Å². The molecule has 10 heteroatoms. The zero-order valence-electron chi connectivity index (χ0n) is 17.0. The van der Waals surface area contributed by atoms with Crippen LogP contribution in [0.3, 0.4) is 0 Å². The number of sulfonamides is 1. The van der Waals surface area contributed by atoms with Gasteiger partial charge in [0.2, 0.25) is 10.0 Å². The van der Waals surface area contributed by atoms with Crippen LogP contribution in [0.1, 0.15) is 19.4 Å². The van der Waals surface area contributed by atoms with Gasteiger partial charge in [0.1, 0.15) is 12.4 Å². The van der Waals surface area contributed by atoms with Gasteiger partial charge in [0, 0.05) is 0 Å². The van der Waals surface area contributed by atoms with E-state index in [0.29, 0.717) is 30.3 Å². The number of ether oxygens (including phenoxy) is 2. The molecule has 2 rings (SSSR count). The first kappa shape index (κ1) is 23.1. The third-order valence-electron chi connectivity index (χ3n) is 3.77. The van der Waals surface area contributed by atoms with E-state index in [1.807, 2.05) is 13.8 Å². The summed E-state index contributed by atoms with van der Waals surface area (Å²) in [6, 6.07) is 9.98. The zero-order chi connectivity index (χ0) is 22.1. The Labute approximate surface area is 175 Å². The average Bonchev–Trinajstić information content (AvgIpc) is 2.68. The van der Waals surface area contributed by atoms with Crippen molar-refractivity contribution in [2.45, 2.75) is 13.8 Å². The molecule has 2 aromatic rings. The number of hydrogen-bond acceptors (Lipinski definition) is 6. The summed E-state index contributed by atoms with van der Waals surface area (Å²) in [5, 5.41) is 3.86.